The van der Waals surface area contributed by atoms with Crippen LogP contribution >= 0.6 is 11.3 Å². The van der Waals surface area contributed by atoms with Gasteiger partial charge in [-0.3, -0.25) is 9.69 Å². The van der Waals surface area contributed by atoms with E-state index in [0.717, 1.165) is 24.9 Å². The Labute approximate surface area is 133 Å². The van der Waals surface area contributed by atoms with Gasteiger partial charge in [0.05, 0.1) is 12.2 Å². The lowest BCUT2D eigenvalue weighted by atomic mass is 10.2. The highest BCUT2D eigenvalue weighted by atomic mass is 32.1. The van der Waals surface area contributed by atoms with Gasteiger partial charge in [0.25, 0.3) is 0 Å². The first-order valence-corrected chi connectivity index (χ1v) is 8.35. The molecule has 1 aliphatic heterocycles. The quantitative estimate of drug-likeness (QED) is 0.925. The Morgan fingerprint density at radius 3 is 3.05 bits per heavy atom. The summed E-state index contributed by atoms with van der Waals surface area (Å²) in [5, 5.41) is 4.74. The minimum absolute atomic E-state index is 0.161. The zero-order valence-electron chi connectivity index (χ0n) is 12.5. The monoisotopic (exact) mass is 318 g/mol. The number of hydrogen-bond donors (Lipinski definition) is 1. The number of anilines is 1. The molecule has 2 aromatic rings. The van der Waals surface area contributed by atoms with Crippen LogP contribution in [0.25, 0.3) is 0 Å². The third-order valence-electron chi connectivity index (χ3n) is 3.98. The number of likely N-dealkylation sites (tertiary alicyclic amines) is 1. The van der Waals surface area contributed by atoms with Crippen LogP contribution in [0.15, 0.2) is 35.7 Å². The Balaban J connectivity index is 1.64. The number of carbonyl (C=O) groups excluding carboxylic acids is 1. The molecule has 0 aliphatic carbocycles. The summed E-state index contributed by atoms with van der Waals surface area (Å²) < 4.78 is 13.8. The van der Waals surface area contributed by atoms with Crippen molar-refractivity contribution in [1.82, 2.24) is 4.90 Å². The predicted octanol–water partition coefficient (Wildman–Crippen LogP) is 3.97. The maximum atomic E-state index is 13.8. The highest BCUT2D eigenvalue weighted by molar-refractivity contribution is 7.10. The highest BCUT2D eigenvalue weighted by Gasteiger charge is 2.28. The molecule has 1 atom stereocenters. The normalized spacial score (nSPS) is 18.5. The van der Waals surface area contributed by atoms with Gasteiger partial charge in [0.1, 0.15) is 5.82 Å². The van der Waals surface area contributed by atoms with Gasteiger partial charge in [0.15, 0.2) is 0 Å². The molecule has 3 rings (SSSR count). The van der Waals surface area contributed by atoms with Crippen molar-refractivity contribution in [3.05, 3.63) is 52.0 Å². The van der Waals surface area contributed by atoms with Gasteiger partial charge in [0, 0.05) is 10.9 Å². The maximum Gasteiger partial charge on any atom is 0.238 e. The van der Waals surface area contributed by atoms with E-state index in [1.54, 1.807) is 23.5 Å². The molecule has 3 nitrogen and oxygen atoms in total. The minimum atomic E-state index is -0.385. The first-order valence-electron chi connectivity index (χ1n) is 7.47. The number of nitrogens with one attached hydrogen (secondary N) is 1. The molecule has 5 heteroatoms. The molecule has 22 heavy (non-hydrogen) atoms. The first-order chi connectivity index (χ1) is 10.6. The van der Waals surface area contributed by atoms with Crippen molar-refractivity contribution in [3.8, 4) is 0 Å². The van der Waals surface area contributed by atoms with E-state index < -0.39 is 0 Å². The number of amides is 1. The van der Waals surface area contributed by atoms with Crippen molar-refractivity contribution >= 4 is 22.9 Å². The number of carbonyl (C=O) groups is 1. The highest BCUT2D eigenvalue weighted by Crippen LogP contribution is 2.34. The molecule has 0 spiro atoms. The molecule has 2 heterocycles. The van der Waals surface area contributed by atoms with Crippen LogP contribution in [0.5, 0.6) is 0 Å². The Kier molecular flexibility index (Phi) is 4.55. The Morgan fingerprint density at radius 2 is 2.32 bits per heavy atom. The molecule has 1 fully saturated rings. The molecule has 1 saturated heterocycles. The van der Waals surface area contributed by atoms with Gasteiger partial charge in [0.2, 0.25) is 5.91 Å². The Hall–Kier alpha value is -1.72. The van der Waals surface area contributed by atoms with Gasteiger partial charge in [-0.25, -0.2) is 4.39 Å². The molecule has 1 aromatic carbocycles. The maximum absolute atomic E-state index is 13.8. The van der Waals surface area contributed by atoms with Gasteiger partial charge < -0.3 is 5.32 Å². The molecule has 1 aliphatic rings. The number of halogens is 1. The van der Waals surface area contributed by atoms with E-state index in [1.165, 1.54) is 10.9 Å². The van der Waals surface area contributed by atoms with Crippen LogP contribution in [-0.4, -0.2) is 23.9 Å². The van der Waals surface area contributed by atoms with Crippen molar-refractivity contribution in [2.45, 2.75) is 25.8 Å². The van der Waals surface area contributed by atoms with Crippen molar-refractivity contribution in [3.63, 3.8) is 0 Å². The van der Waals surface area contributed by atoms with Gasteiger partial charge in [-0.05, 0) is 55.5 Å². The number of rotatable bonds is 4. The number of nitrogens with zero attached hydrogens (tertiary/aromatic N) is 1. The fourth-order valence-corrected chi connectivity index (χ4v) is 3.81. The third kappa shape index (κ3) is 3.36. The van der Waals surface area contributed by atoms with Crippen LogP contribution in [0.4, 0.5) is 10.1 Å². The van der Waals surface area contributed by atoms with E-state index in [0.29, 0.717) is 12.6 Å². The topological polar surface area (TPSA) is 32.3 Å². The van der Waals surface area contributed by atoms with E-state index in [-0.39, 0.29) is 17.4 Å². The van der Waals surface area contributed by atoms with E-state index in [9.17, 15) is 9.18 Å². The first kappa shape index (κ1) is 15.2. The Bertz CT molecular complexity index is 657. The minimum Gasteiger partial charge on any atom is -0.322 e. The van der Waals surface area contributed by atoms with Crippen LogP contribution in [0.1, 0.15) is 29.3 Å². The van der Waals surface area contributed by atoms with E-state index in [2.05, 4.69) is 21.7 Å². The standard InChI is InChI=1S/C17H19FN2OS/c1-12-6-7-14(13(18)10-12)19-17(21)11-20-8-2-4-15(20)16-5-3-9-22-16/h3,5-7,9-10,15H,2,4,8,11H2,1H3,(H,19,21)/t15-/m1/s1. The third-order valence-corrected chi connectivity index (χ3v) is 4.95. The van der Waals surface area contributed by atoms with Crippen LogP contribution in [-0.2, 0) is 4.79 Å². The zero-order valence-corrected chi connectivity index (χ0v) is 13.3. The second-order valence-electron chi connectivity index (χ2n) is 5.68. The van der Waals surface area contributed by atoms with E-state index in [1.807, 2.05) is 13.0 Å². The van der Waals surface area contributed by atoms with Crippen molar-refractivity contribution in [2.24, 2.45) is 0 Å². The number of hydrogen-bond acceptors (Lipinski definition) is 3. The van der Waals surface area contributed by atoms with E-state index in [4.69, 9.17) is 0 Å². The summed E-state index contributed by atoms with van der Waals surface area (Å²) in [6.07, 6.45) is 2.17. The fourth-order valence-electron chi connectivity index (χ4n) is 2.91. The Morgan fingerprint density at radius 1 is 1.45 bits per heavy atom. The predicted molar refractivity (Wildman–Crippen MR) is 87.6 cm³/mol. The summed E-state index contributed by atoms with van der Waals surface area (Å²) in [4.78, 5) is 15.7. The molecule has 0 radical (unpaired) electrons. The lowest BCUT2D eigenvalue weighted by Crippen LogP contribution is -2.32. The molecule has 0 saturated carbocycles. The zero-order chi connectivity index (χ0) is 15.5. The average Bonchev–Trinajstić information content (AvgIpc) is 3.12. The second kappa shape index (κ2) is 6.58. The SMILES string of the molecule is Cc1ccc(NC(=O)CN2CCC[C@@H]2c2cccs2)c(F)c1. The molecule has 0 unspecified atom stereocenters. The average molecular weight is 318 g/mol. The summed E-state index contributed by atoms with van der Waals surface area (Å²) in [6.45, 7) is 3.03. The number of thiophene rings is 1. The molecule has 116 valence electrons. The largest absolute Gasteiger partial charge is 0.322 e. The van der Waals surface area contributed by atoms with Gasteiger partial charge in [-0.15, -0.1) is 11.3 Å². The molecular weight excluding hydrogens is 299 g/mol. The fraction of sp³-hybridized carbons (Fsp3) is 0.353. The molecule has 1 aromatic heterocycles. The summed E-state index contributed by atoms with van der Waals surface area (Å²) in [5.74, 6) is -0.546. The lowest BCUT2D eigenvalue weighted by molar-refractivity contribution is -0.117. The number of benzene rings is 1. The summed E-state index contributed by atoms with van der Waals surface area (Å²) in [7, 11) is 0. The number of aryl methyl sites for hydroxylation is 1. The van der Waals surface area contributed by atoms with Crippen molar-refractivity contribution < 1.29 is 9.18 Å². The molecule has 1 amide bonds. The second-order valence-corrected chi connectivity index (χ2v) is 6.65. The van der Waals surface area contributed by atoms with E-state index >= 15 is 0 Å². The van der Waals surface area contributed by atoms with Crippen LogP contribution in [0.2, 0.25) is 0 Å². The van der Waals surface area contributed by atoms with Crippen molar-refractivity contribution in [1.29, 1.82) is 0 Å². The van der Waals surface area contributed by atoms with Gasteiger partial charge in [-0.1, -0.05) is 12.1 Å². The molecular formula is C17H19FN2OS. The molecule has 1 N–H and O–H groups in total. The summed E-state index contributed by atoms with van der Waals surface area (Å²) in [5.41, 5.74) is 1.09. The van der Waals surface area contributed by atoms with Gasteiger partial charge in [-0.2, -0.15) is 0 Å². The van der Waals surface area contributed by atoms with Crippen LogP contribution in [0, 0.1) is 12.7 Å². The summed E-state index contributed by atoms with van der Waals surface area (Å²) >= 11 is 1.73. The molecule has 0 bridgehead atoms. The van der Waals surface area contributed by atoms with Crippen molar-refractivity contribution in [2.75, 3.05) is 18.4 Å². The van der Waals surface area contributed by atoms with Crippen LogP contribution in [0.3, 0.4) is 0 Å². The lowest BCUT2D eigenvalue weighted by Gasteiger charge is -2.23. The van der Waals surface area contributed by atoms with Gasteiger partial charge >= 0.3 is 0 Å². The summed E-state index contributed by atoms with van der Waals surface area (Å²) in [6, 6.07) is 9.31. The van der Waals surface area contributed by atoms with Crippen LogP contribution < -0.4 is 5.32 Å². The smallest absolute Gasteiger partial charge is 0.238 e.